The average Bonchev–Trinajstić information content (AvgIpc) is 3.23. The van der Waals surface area contributed by atoms with Gasteiger partial charge in [0.25, 0.3) is 5.91 Å². The highest BCUT2D eigenvalue weighted by molar-refractivity contribution is 5.96. The summed E-state index contributed by atoms with van der Waals surface area (Å²) in [6.45, 7) is 2.26. The van der Waals surface area contributed by atoms with Crippen LogP contribution in [0.5, 0.6) is 5.88 Å². The van der Waals surface area contributed by atoms with E-state index in [4.69, 9.17) is 10.5 Å². The third-order valence-corrected chi connectivity index (χ3v) is 5.69. The fourth-order valence-corrected chi connectivity index (χ4v) is 3.80. The van der Waals surface area contributed by atoms with Gasteiger partial charge < -0.3 is 19.9 Å². The SMILES string of the molecule is Cc1ccc(CC(=O)N2CC[C@@H](Oc3ncc(-c4cn(C)cn4)cc3C(N)=O)[C@H](F)C2)cc1. The van der Waals surface area contributed by atoms with Crippen molar-refractivity contribution in [1.29, 1.82) is 0 Å². The number of ether oxygens (including phenoxy) is 1. The first-order valence-electron chi connectivity index (χ1n) is 10.7. The number of pyridine rings is 1. The van der Waals surface area contributed by atoms with E-state index < -0.39 is 18.2 Å². The van der Waals surface area contributed by atoms with Gasteiger partial charge in [-0.2, -0.15) is 0 Å². The molecule has 172 valence electrons. The molecular weight excluding hydrogens is 425 g/mol. The molecule has 0 aliphatic carbocycles. The number of likely N-dealkylation sites (tertiary alicyclic amines) is 1. The lowest BCUT2D eigenvalue weighted by molar-refractivity contribution is -0.134. The van der Waals surface area contributed by atoms with E-state index in [1.54, 1.807) is 23.2 Å². The van der Waals surface area contributed by atoms with Gasteiger partial charge in [0.2, 0.25) is 11.8 Å². The number of rotatable bonds is 6. The lowest BCUT2D eigenvalue weighted by Gasteiger charge is -2.34. The molecule has 3 heterocycles. The highest BCUT2D eigenvalue weighted by atomic mass is 19.1. The Morgan fingerprint density at radius 3 is 2.64 bits per heavy atom. The number of imidazole rings is 1. The number of hydrogen-bond donors (Lipinski definition) is 1. The number of amides is 2. The van der Waals surface area contributed by atoms with Crippen molar-refractivity contribution < 1.29 is 18.7 Å². The van der Waals surface area contributed by atoms with Crippen molar-refractivity contribution in [1.82, 2.24) is 19.4 Å². The first kappa shape index (κ1) is 22.4. The van der Waals surface area contributed by atoms with Gasteiger partial charge in [-0.3, -0.25) is 9.59 Å². The van der Waals surface area contributed by atoms with E-state index in [-0.39, 0.29) is 36.7 Å². The molecule has 0 saturated carbocycles. The molecule has 9 heteroatoms. The highest BCUT2D eigenvalue weighted by Crippen LogP contribution is 2.26. The summed E-state index contributed by atoms with van der Waals surface area (Å²) < 4.78 is 22.5. The number of halogens is 1. The average molecular weight is 452 g/mol. The number of aromatic nitrogens is 3. The number of benzene rings is 1. The van der Waals surface area contributed by atoms with Crippen LogP contribution in [0.4, 0.5) is 4.39 Å². The van der Waals surface area contributed by atoms with Crippen LogP contribution in [0.1, 0.15) is 27.9 Å². The summed E-state index contributed by atoms with van der Waals surface area (Å²) in [6, 6.07) is 9.25. The summed E-state index contributed by atoms with van der Waals surface area (Å²) >= 11 is 0. The standard InChI is InChI=1S/C24H26FN5O3/c1-15-3-5-16(6-4-15)9-22(31)30-8-7-21(19(25)12-30)33-24-18(23(26)32)10-17(11-27-24)20-13-29(2)14-28-20/h3-6,10-11,13-14,19,21H,7-9,12H2,1-2H3,(H2,26,32)/t19-,21-/m1/s1. The van der Waals surface area contributed by atoms with E-state index in [0.717, 1.165) is 11.1 Å². The Morgan fingerprint density at radius 1 is 1.24 bits per heavy atom. The van der Waals surface area contributed by atoms with Crippen molar-refractivity contribution in [3.63, 3.8) is 0 Å². The zero-order valence-corrected chi connectivity index (χ0v) is 18.6. The number of carbonyl (C=O) groups excluding carboxylic acids is 2. The molecule has 33 heavy (non-hydrogen) atoms. The van der Waals surface area contributed by atoms with Gasteiger partial charge in [-0.1, -0.05) is 29.8 Å². The Labute approximate surface area is 191 Å². The summed E-state index contributed by atoms with van der Waals surface area (Å²) in [4.78, 5) is 34.6. The summed E-state index contributed by atoms with van der Waals surface area (Å²) in [5.41, 5.74) is 8.81. The first-order valence-corrected chi connectivity index (χ1v) is 10.7. The first-order chi connectivity index (χ1) is 15.8. The summed E-state index contributed by atoms with van der Waals surface area (Å²) in [7, 11) is 1.83. The molecule has 1 aromatic carbocycles. The third-order valence-electron chi connectivity index (χ3n) is 5.69. The molecule has 0 unspecified atom stereocenters. The molecule has 1 saturated heterocycles. The monoisotopic (exact) mass is 451 g/mol. The Morgan fingerprint density at radius 2 is 2.00 bits per heavy atom. The number of alkyl halides is 1. The predicted octanol–water partition coefficient (Wildman–Crippen LogP) is 2.45. The lowest BCUT2D eigenvalue weighted by atomic mass is 10.0. The van der Waals surface area contributed by atoms with Crippen molar-refractivity contribution in [3.05, 3.63) is 65.7 Å². The maximum Gasteiger partial charge on any atom is 0.254 e. The maximum absolute atomic E-state index is 14.9. The zero-order chi connectivity index (χ0) is 23.5. The third kappa shape index (κ3) is 5.19. The predicted molar refractivity (Wildman–Crippen MR) is 120 cm³/mol. The van der Waals surface area contributed by atoms with Gasteiger partial charge in [-0.05, 0) is 18.6 Å². The second kappa shape index (κ2) is 9.40. The largest absolute Gasteiger partial charge is 0.471 e. The molecule has 1 aliphatic heterocycles. The van der Waals surface area contributed by atoms with Crippen LogP contribution >= 0.6 is 0 Å². The minimum Gasteiger partial charge on any atom is -0.471 e. The Hall–Kier alpha value is -3.75. The van der Waals surface area contributed by atoms with Crippen LogP contribution < -0.4 is 10.5 Å². The summed E-state index contributed by atoms with van der Waals surface area (Å²) in [6.07, 6.45) is 3.17. The van der Waals surface area contributed by atoms with Crippen LogP contribution in [-0.2, 0) is 18.3 Å². The normalized spacial score (nSPS) is 18.2. The van der Waals surface area contributed by atoms with Crippen LogP contribution in [0.25, 0.3) is 11.3 Å². The zero-order valence-electron chi connectivity index (χ0n) is 18.6. The molecule has 3 aromatic rings. The number of carbonyl (C=O) groups is 2. The van der Waals surface area contributed by atoms with Crippen molar-refractivity contribution in [3.8, 4) is 17.1 Å². The van der Waals surface area contributed by atoms with Gasteiger partial charge in [-0.15, -0.1) is 0 Å². The van der Waals surface area contributed by atoms with Crippen LogP contribution in [0.15, 0.2) is 49.1 Å². The summed E-state index contributed by atoms with van der Waals surface area (Å²) in [5.74, 6) is -0.874. The Bertz CT molecular complexity index is 1160. The molecule has 0 bridgehead atoms. The van der Waals surface area contributed by atoms with E-state index in [9.17, 15) is 14.0 Å². The highest BCUT2D eigenvalue weighted by Gasteiger charge is 2.34. The van der Waals surface area contributed by atoms with E-state index in [0.29, 0.717) is 17.8 Å². The quantitative estimate of drug-likeness (QED) is 0.620. The fraction of sp³-hybridized carbons (Fsp3) is 0.333. The van der Waals surface area contributed by atoms with Crippen molar-refractivity contribution in [2.75, 3.05) is 13.1 Å². The van der Waals surface area contributed by atoms with E-state index in [1.807, 2.05) is 38.2 Å². The number of nitrogens with two attached hydrogens (primary N) is 1. The van der Waals surface area contributed by atoms with Crippen LogP contribution in [0.2, 0.25) is 0 Å². The smallest absolute Gasteiger partial charge is 0.254 e. The van der Waals surface area contributed by atoms with Crippen molar-refractivity contribution in [2.24, 2.45) is 12.8 Å². The van der Waals surface area contributed by atoms with E-state index in [2.05, 4.69) is 9.97 Å². The number of primary amides is 1. The number of aryl methyl sites for hydroxylation is 2. The molecule has 1 aliphatic rings. The Kier molecular flexibility index (Phi) is 6.39. The molecular formula is C24H26FN5O3. The molecule has 2 atom stereocenters. The Balaban J connectivity index is 1.42. The molecule has 4 rings (SSSR count). The van der Waals surface area contributed by atoms with Crippen LogP contribution in [0.3, 0.4) is 0 Å². The minimum absolute atomic E-state index is 0.0192. The van der Waals surface area contributed by atoms with Gasteiger partial charge in [0.15, 0.2) is 6.17 Å². The molecule has 2 aromatic heterocycles. The van der Waals surface area contributed by atoms with Gasteiger partial charge in [0.05, 0.1) is 25.0 Å². The van der Waals surface area contributed by atoms with Gasteiger partial charge >= 0.3 is 0 Å². The fourth-order valence-electron chi connectivity index (χ4n) is 3.80. The van der Waals surface area contributed by atoms with E-state index in [1.165, 1.54) is 11.1 Å². The van der Waals surface area contributed by atoms with Gasteiger partial charge in [0.1, 0.15) is 11.7 Å². The topological polar surface area (TPSA) is 103 Å². The summed E-state index contributed by atoms with van der Waals surface area (Å²) in [5, 5.41) is 0. The van der Waals surface area contributed by atoms with Crippen molar-refractivity contribution in [2.45, 2.75) is 32.0 Å². The second-order valence-corrected chi connectivity index (χ2v) is 8.33. The van der Waals surface area contributed by atoms with E-state index >= 15 is 0 Å². The maximum atomic E-state index is 14.9. The molecule has 2 N–H and O–H groups in total. The molecule has 8 nitrogen and oxygen atoms in total. The van der Waals surface area contributed by atoms with Crippen molar-refractivity contribution >= 4 is 11.8 Å². The second-order valence-electron chi connectivity index (χ2n) is 8.33. The number of piperidine rings is 1. The van der Waals surface area contributed by atoms with Crippen LogP contribution in [0, 0.1) is 6.92 Å². The minimum atomic E-state index is -1.42. The molecule has 2 amide bonds. The van der Waals surface area contributed by atoms with Gasteiger partial charge in [-0.25, -0.2) is 14.4 Å². The lowest BCUT2D eigenvalue weighted by Crippen LogP contribution is -2.49. The van der Waals surface area contributed by atoms with Crippen LogP contribution in [-0.4, -0.2) is 56.6 Å². The molecule has 0 radical (unpaired) electrons. The molecule has 1 fully saturated rings. The molecule has 0 spiro atoms. The van der Waals surface area contributed by atoms with Gasteiger partial charge in [0, 0.05) is 38.0 Å². The number of nitrogens with zero attached hydrogens (tertiary/aromatic N) is 4. The number of hydrogen-bond acceptors (Lipinski definition) is 5.